The number of rotatable bonds is 4. The van der Waals surface area contributed by atoms with Gasteiger partial charge in [0, 0.05) is 24.2 Å². The molecule has 3 aromatic rings. The fraction of sp³-hybridized carbons (Fsp3) is 0. The van der Waals surface area contributed by atoms with Crippen LogP contribution in [-0.2, 0) is 10.2 Å². The van der Waals surface area contributed by atoms with Crippen LogP contribution in [0.1, 0.15) is 10.5 Å². The van der Waals surface area contributed by atoms with Gasteiger partial charge in [-0.15, -0.1) is 0 Å². The molecule has 2 N–H and O–H groups in total. The fourth-order valence-corrected chi connectivity index (χ4v) is 3.04. The van der Waals surface area contributed by atoms with E-state index in [0.717, 1.165) is 20.7 Å². The van der Waals surface area contributed by atoms with Gasteiger partial charge in [-0.1, -0.05) is 24.3 Å². The fourth-order valence-electron chi connectivity index (χ4n) is 2.39. The summed E-state index contributed by atoms with van der Waals surface area (Å²) in [6, 6.07) is 12.8. The molecule has 23 heavy (non-hydrogen) atoms. The number of aldehydes is 1. The molecule has 6 nitrogen and oxygen atoms in total. The topological polar surface area (TPSA) is 95.1 Å². The Kier molecular flexibility index (Phi) is 3.81. The van der Waals surface area contributed by atoms with Crippen molar-refractivity contribution < 1.29 is 13.2 Å². The molecule has 7 heteroatoms. The first-order valence-electron chi connectivity index (χ1n) is 6.71. The number of hydrogen-bond donors (Lipinski definition) is 1. The average Bonchev–Trinajstić information content (AvgIpc) is 3.00. The molecule has 2 heterocycles. The summed E-state index contributed by atoms with van der Waals surface area (Å²) in [6.45, 7) is 0. The van der Waals surface area contributed by atoms with Crippen LogP contribution in [0.5, 0.6) is 0 Å². The van der Waals surface area contributed by atoms with E-state index in [1.54, 1.807) is 18.5 Å². The van der Waals surface area contributed by atoms with Gasteiger partial charge < -0.3 is 0 Å². The SMILES string of the molecule is NS(=O)(=O)n1ccc(-c2ccc(-c3ccncc3)cc2)c1C=O. The zero-order valence-electron chi connectivity index (χ0n) is 12.0. The van der Waals surface area contributed by atoms with Gasteiger partial charge in [0.25, 0.3) is 0 Å². The van der Waals surface area contributed by atoms with Crippen LogP contribution in [-0.4, -0.2) is 23.7 Å². The average molecular weight is 327 g/mol. The number of nitrogens with zero attached hydrogens (tertiary/aromatic N) is 2. The van der Waals surface area contributed by atoms with Crippen LogP contribution >= 0.6 is 0 Å². The van der Waals surface area contributed by atoms with Crippen molar-refractivity contribution in [2.24, 2.45) is 5.14 Å². The summed E-state index contributed by atoms with van der Waals surface area (Å²) in [5.41, 5.74) is 3.26. The third-order valence-electron chi connectivity index (χ3n) is 3.49. The number of pyridine rings is 1. The van der Waals surface area contributed by atoms with Gasteiger partial charge in [0.15, 0.2) is 6.29 Å². The normalized spacial score (nSPS) is 11.3. The third kappa shape index (κ3) is 2.92. The Morgan fingerprint density at radius 1 is 0.913 bits per heavy atom. The second-order valence-electron chi connectivity index (χ2n) is 4.89. The minimum atomic E-state index is -4.01. The molecule has 0 saturated carbocycles. The molecule has 2 aromatic heterocycles. The number of carbonyl (C=O) groups excluding carboxylic acids is 1. The van der Waals surface area contributed by atoms with Crippen LogP contribution < -0.4 is 5.14 Å². The largest absolute Gasteiger partial charge is 0.302 e. The Morgan fingerprint density at radius 2 is 1.48 bits per heavy atom. The van der Waals surface area contributed by atoms with Crippen LogP contribution in [0.15, 0.2) is 61.1 Å². The highest BCUT2D eigenvalue weighted by molar-refractivity contribution is 7.87. The summed E-state index contributed by atoms with van der Waals surface area (Å²) in [5, 5.41) is 5.10. The molecule has 0 aliphatic carbocycles. The van der Waals surface area contributed by atoms with Gasteiger partial charge in [-0.3, -0.25) is 9.78 Å². The molecule has 0 aliphatic heterocycles. The van der Waals surface area contributed by atoms with Gasteiger partial charge in [-0.05, 0) is 34.9 Å². The van der Waals surface area contributed by atoms with E-state index < -0.39 is 10.2 Å². The first-order chi connectivity index (χ1) is 11.0. The summed E-state index contributed by atoms with van der Waals surface area (Å²) in [6.07, 6.45) is 5.17. The maximum Gasteiger partial charge on any atom is 0.302 e. The summed E-state index contributed by atoms with van der Waals surface area (Å²) < 4.78 is 23.7. The van der Waals surface area contributed by atoms with Gasteiger partial charge in [-0.2, -0.15) is 8.42 Å². The van der Waals surface area contributed by atoms with Gasteiger partial charge in [-0.25, -0.2) is 9.11 Å². The van der Waals surface area contributed by atoms with E-state index in [4.69, 9.17) is 5.14 Å². The number of benzene rings is 1. The Morgan fingerprint density at radius 3 is 2.04 bits per heavy atom. The second-order valence-corrected chi connectivity index (χ2v) is 6.31. The Hall–Kier alpha value is -2.77. The van der Waals surface area contributed by atoms with Crippen molar-refractivity contribution >= 4 is 16.5 Å². The van der Waals surface area contributed by atoms with Crippen LogP contribution in [0.25, 0.3) is 22.3 Å². The molecule has 0 atom stereocenters. The predicted octanol–water partition coefficient (Wildman–Crippen LogP) is 2.08. The van der Waals surface area contributed by atoms with Gasteiger partial charge in [0.1, 0.15) is 5.69 Å². The summed E-state index contributed by atoms with van der Waals surface area (Å²) in [7, 11) is -4.01. The van der Waals surface area contributed by atoms with Crippen molar-refractivity contribution in [1.82, 2.24) is 8.96 Å². The van der Waals surface area contributed by atoms with Crippen LogP contribution in [0.3, 0.4) is 0 Å². The molecule has 0 spiro atoms. The van der Waals surface area contributed by atoms with E-state index in [1.165, 1.54) is 6.20 Å². The molecule has 116 valence electrons. The van der Waals surface area contributed by atoms with Crippen molar-refractivity contribution in [1.29, 1.82) is 0 Å². The maximum atomic E-state index is 11.5. The van der Waals surface area contributed by atoms with Crippen molar-refractivity contribution in [3.05, 3.63) is 66.7 Å². The van der Waals surface area contributed by atoms with E-state index in [1.807, 2.05) is 36.4 Å². The number of carbonyl (C=O) groups is 1. The lowest BCUT2D eigenvalue weighted by Gasteiger charge is -2.06. The third-order valence-corrected chi connectivity index (χ3v) is 4.35. The van der Waals surface area contributed by atoms with E-state index in [9.17, 15) is 13.2 Å². The molecule has 3 rings (SSSR count). The lowest BCUT2D eigenvalue weighted by Crippen LogP contribution is -2.22. The first kappa shape index (κ1) is 15.1. The van der Waals surface area contributed by atoms with E-state index in [-0.39, 0.29) is 5.69 Å². The smallest absolute Gasteiger partial charge is 0.296 e. The van der Waals surface area contributed by atoms with E-state index in [2.05, 4.69) is 4.98 Å². The lowest BCUT2D eigenvalue weighted by molar-refractivity contribution is 0.111. The highest BCUT2D eigenvalue weighted by Gasteiger charge is 2.16. The van der Waals surface area contributed by atoms with Crippen molar-refractivity contribution in [3.63, 3.8) is 0 Å². The number of nitrogens with two attached hydrogens (primary N) is 1. The predicted molar refractivity (Wildman–Crippen MR) is 87.0 cm³/mol. The van der Waals surface area contributed by atoms with Crippen molar-refractivity contribution in [2.75, 3.05) is 0 Å². The Balaban J connectivity index is 2.04. The van der Waals surface area contributed by atoms with E-state index >= 15 is 0 Å². The molecule has 1 aromatic carbocycles. The molecule has 0 amide bonds. The quantitative estimate of drug-likeness (QED) is 0.742. The van der Waals surface area contributed by atoms with Gasteiger partial charge in [0.05, 0.1) is 0 Å². The van der Waals surface area contributed by atoms with Crippen LogP contribution in [0, 0.1) is 0 Å². The minimum Gasteiger partial charge on any atom is -0.296 e. The summed E-state index contributed by atoms with van der Waals surface area (Å²) >= 11 is 0. The van der Waals surface area contributed by atoms with Gasteiger partial charge >= 0.3 is 10.2 Å². The molecule has 0 bridgehead atoms. The molecular formula is C16H13N3O3S. The standard InChI is InChI=1S/C16H13N3O3S/c17-23(21,22)19-10-7-15(16(19)11-20)14-3-1-12(2-4-14)13-5-8-18-9-6-13/h1-11H,(H2,17,21,22). The van der Waals surface area contributed by atoms with Gasteiger partial charge in [0.2, 0.25) is 0 Å². The molecule has 0 aliphatic rings. The second kappa shape index (κ2) is 5.79. The number of aromatic nitrogens is 2. The number of hydrogen-bond acceptors (Lipinski definition) is 4. The minimum absolute atomic E-state index is 0.00385. The monoisotopic (exact) mass is 327 g/mol. The van der Waals surface area contributed by atoms with Crippen LogP contribution in [0.2, 0.25) is 0 Å². The Labute approximate surface area is 133 Å². The highest BCUT2D eigenvalue weighted by Crippen LogP contribution is 2.27. The zero-order chi connectivity index (χ0) is 16.4. The van der Waals surface area contributed by atoms with E-state index in [0.29, 0.717) is 11.8 Å². The molecule has 0 fully saturated rings. The lowest BCUT2D eigenvalue weighted by atomic mass is 10.0. The highest BCUT2D eigenvalue weighted by atomic mass is 32.2. The zero-order valence-corrected chi connectivity index (χ0v) is 12.8. The van der Waals surface area contributed by atoms with Crippen LogP contribution in [0.4, 0.5) is 0 Å². The van der Waals surface area contributed by atoms with Crippen molar-refractivity contribution in [3.8, 4) is 22.3 Å². The van der Waals surface area contributed by atoms with Crippen molar-refractivity contribution in [2.45, 2.75) is 0 Å². The molecular weight excluding hydrogens is 314 g/mol. The summed E-state index contributed by atoms with van der Waals surface area (Å²) in [4.78, 5) is 15.2. The maximum absolute atomic E-state index is 11.5. The Bertz CT molecular complexity index is 946. The summed E-state index contributed by atoms with van der Waals surface area (Å²) in [5.74, 6) is 0. The molecule has 0 unspecified atom stereocenters. The molecule has 0 radical (unpaired) electrons. The first-order valence-corrected chi connectivity index (χ1v) is 8.21. The molecule has 0 saturated heterocycles.